The summed E-state index contributed by atoms with van der Waals surface area (Å²) in [5, 5.41) is 14.2. The maximum Gasteiger partial charge on any atom is 0.247 e. The van der Waals surface area contributed by atoms with Crippen LogP contribution < -0.4 is 16.0 Å². The molecular formula is C33H42N6O3S. The van der Waals surface area contributed by atoms with Crippen molar-refractivity contribution in [1.29, 1.82) is 0 Å². The Morgan fingerprint density at radius 1 is 0.953 bits per heavy atom. The Kier molecular flexibility index (Phi) is 10.9. The summed E-state index contributed by atoms with van der Waals surface area (Å²) in [6.45, 7) is 3.05. The molecular weight excluding hydrogens is 560 g/mol. The molecule has 0 bridgehead atoms. The molecule has 43 heavy (non-hydrogen) atoms. The number of aromatic nitrogens is 2. The summed E-state index contributed by atoms with van der Waals surface area (Å²) in [5.74, 6) is -0.501. The van der Waals surface area contributed by atoms with Crippen LogP contribution in [0.5, 0.6) is 0 Å². The highest BCUT2D eigenvalue weighted by Crippen LogP contribution is 2.32. The van der Waals surface area contributed by atoms with Crippen LogP contribution in [0.1, 0.15) is 63.9 Å². The summed E-state index contributed by atoms with van der Waals surface area (Å²) < 4.78 is 4.06. The Morgan fingerprint density at radius 2 is 1.67 bits per heavy atom. The Hall–Kier alpha value is -3.63. The number of rotatable bonds is 12. The van der Waals surface area contributed by atoms with Crippen molar-refractivity contribution < 1.29 is 14.4 Å². The minimum absolute atomic E-state index is 0.0650. The van der Waals surface area contributed by atoms with E-state index >= 15 is 0 Å². The van der Waals surface area contributed by atoms with Gasteiger partial charge in [0.25, 0.3) is 0 Å². The fraction of sp³-hybridized carbons (Fsp3) is 0.485. The molecule has 0 spiro atoms. The molecule has 1 aromatic heterocycles. The normalized spacial score (nSPS) is 18.6. The van der Waals surface area contributed by atoms with Crippen molar-refractivity contribution in [2.24, 2.45) is 5.92 Å². The number of nitrogens with one attached hydrogen (secondary N) is 3. The lowest BCUT2D eigenvalue weighted by molar-refractivity contribution is -0.142. The topological polar surface area (TPSA) is 116 Å². The number of amides is 3. The van der Waals surface area contributed by atoms with E-state index < -0.39 is 18.1 Å². The van der Waals surface area contributed by atoms with Gasteiger partial charge in [-0.05, 0) is 63.5 Å². The summed E-state index contributed by atoms with van der Waals surface area (Å²) in [6, 6.07) is 18.2. The number of likely N-dealkylation sites (tertiary alicyclic amines) is 1. The van der Waals surface area contributed by atoms with Crippen LogP contribution in [0, 0.1) is 5.92 Å². The smallest absolute Gasteiger partial charge is 0.247 e. The predicted octanol–water partition coefficient (Wildman–Crippen LogP) is 4.81. The second-order valence-electron chi connectivity index (χ2n) is 11.6. The summed E-state index contributed by atoms with van der Waals surface area (Å²) in [6.07, 6.45) is 8.19. The van der Waals surface area contributed by atoms with Gasteiger partial charge in [0.1, 0.15) is 22.8 Å². The number of carbonyl (C=O) groups excluding carboxylic acids is 3. The maximum atomic E-state index is 14.1. The van der Waals surface area contributed by atoms with Gasteiger partial charge >= 0.3 is 0 Å². The van der Waals surface area contributed by atoms with E-state index in [9.17, 15) is 14.4 Å². The summed E-state index contributed by atoms with van der Waals surface area (Å²) >= 11 is 1.13. The molecule has 0 radical (unpaired) electrons. The molecule has 3 amide bonds. The first-order valence-corrected chi connectivity index (χ1v) is 16.4. The summed E-state index contributed by atoms with van der Waals surface area (Å²) in [7, 11) is 0. The van der Waals surface area contributed by atoms with Crippen molar-refractivity contribution in [2.45, 2.75) is 82.8 Å². The third-order valence-electron chi connectivity index (χ3n) is 8.62. The largest absolute Gasteiger partial charge is 0.343 e. The Bertz CT molecular complexity index is 1340. The molecule has 3 aromatic rings. The minimum atomic E-state index is -0.639. The second-order valence-corrected chi connectivity index (χ2v) is 12.4. The van der Waals surface area contributed by atoms with Crippen LogP contribution in [0.25, 0.3) is 11.3 Å². The molecule has 1 saturated carbocycles. The highest BCUT2D eigenvalue weighted by Gasteiger charge is 2.41. The van der Waals surface area contributed by atoms with Crippen LogP contribution in [-0.4, -0.2) is 63.4 Å². The SMILES string of the molecule is CC(NCCCc1ccccc1)C(=O)N[C@H](C(=O)N1CCC[C@H]1C(=O)Nc1snnc1-c1ccccc1)C1CCCCC1. The Balaban J connectivity index is 1.22. The molecule has 1 saturated heterocycles. The van der Waals surface area contributed by atoms with Gasteiger partial charge in [0.15, 0.2) is 0 Å². The first-order chi connectivity index (χ1) is 21.0. The predicted molar refractivity (Wildman–Crippen MR) is 169 cm³/mol. The first kappa shape index (κ1) is 30.8. The van der Waals surface area contributed by atoms with Crippen molar-refractivity contribution >= 4 is 34.3 Å². The van der Waals surface area contributed by atoms with E-state index in [4.69, 9.17) is 0 Å². The molecule has 1 aliphatic heterocycles. The third kappa shape index (κ3) is 8.06. The molecule has 2 fully saturated rings. The zero-order valence-electron chi connectivity index (χ0n) is 24.8. The molecule has 3 atom stereocenters. The zero-order chi connectivity index (χ0) is 30.0. The number of aryl methyl sites for hydroxylation is 1. The van der Waals surface area contributed by atoms with Gasteiger partial charge in [0.05, 0.1) is 6.04 Å². The highest BCUT2D eigenvalue weighted by molar-refractivity contribution is 7.10. The third-order valence-corrected chi connectivity index (χ3v) is 9.27. The van der Waals surface area contributed by atoms with Gasteiger partial charge in [-0.25, -0.2) is 0 Å². The molecule has 3 N–H and O–H groups in total. The van der Waals surface area contributed by atoms with E-state index in [0.717, 1.165) is 68.5 Å². The molecule has 2 aromatic carbocycles. The van der Waals surface area contributed by atoms with E-state index in [1.165, 1.54) is 5.56 Å². The van der Waals surface area contributed by atoms with Crippen LogP contribution in [-0.2, 0) is 20.8 Å². The molecule has 10 heteroatoms. The molecule has 1 aliphatic carbocycles. The molecule has 228 valence electrons. The molecule has 2 aliphatic rings. The van der Waals surface area contributed by atoms with Crippen molar-refractivity contribution in [1.82, 2.24) is 25.1 Å². The van der Waals surface area contributed by atoms with Gasteiger partial charge in [-0.3, -0.25) is 14.4 Å². The number of anilines is 1. The summed E-state index contributed by atoms with van der Waals surface area (Å²) in [5.41, 5.74) is 2.76. The molecule has 9 nitrogen and oxygen atoms in total. The van der Waals surface area contributed by atoms with Crippen LogP contribution in [0.3, 0.4) is 0 Å². The van der Waals surface area contributed by atoms with E-state index in [-0.39, 0.29) is 23.6 Å². The standard InChI is InChI=1S/C33H42N6O3S/c1-23(34-21-11-15-24-13-5-2-6-14-24)30(40)35-29(26-18-9-4-10-19-26)33(42)39-22-12-20-27(39)31(41)36-32-28(37-38-43-32)25-16-7-3-8-17-25/h2-3,5-8,13-14,16-17,23,26-27,29,34H,4,9-12,15,18-22H2,1H3,(H,35,40)(H,36,41)/t23?,27-,29-/m0/s1. The lowest BCUT2D eigenvalue weighted by Crippen LogP contribution is -2.57. The second kappa shape index (κ2) is 15.2. The van der Waals surface area contributed by atoms with Crippen molar-refractivity contribution in [3.8, 4) is 11.3 Å². The lowest BCUT2D eigenvalue weighted by atomic mass is 9.83. The number of hydrogen-bond donors (Lipinski definition) is 3. The van der Waals surface area contributed by atoms with Crippen molar-refractivity contribution in [3.05, 3.63) is 66.2 Å². The number of benzene rings is 2. The van der Waals surface area contributed by atoms with Gasteiger partial charge in [-0.1, -0.05) is 84.4 Å². The number of hydrogen-bond acceptors (Lipinski definition) is 7. The fourth-order valence-electron chi connectivity index (χ4n) is 6.21. The fourth-order valence-corrected chi connectivity index (χ4v) is 6.81. The van der Waals surface area contributed by atoms with Crippen LogP contribution in [0.15, 0.2) is 60.7 Å². The van der Waals surface area contributed by atoms with E-state index in [2.05, 4.69) is 37.7 Å². The van der Waals surface area contributed by atoms with Crippen molar-refractivity contribution in [2.75, 3.05) is 18.4 Å². The number of carbonyl (C=O) groups is 3. The Labute approximate surface area is 258 Å². The highest BCUT2D eigenvalue weighted by atomic mass is 32.1. The van der Waals surface area contributed by atoms with Gasteiger partial charge in [-0.15, -0.1) is 5.10 Å². The van der Waals surface area contributed by atoms with E-state index in [1.807, 2.05) is 55.5 Å². The van der Waals surface area contributed by atoms with Crippen LogP contribution in [0.2, 0.25) is 0 Å². The van der Waals surface area contributed by atoms with Crippen LogP contribution >= 0.6 is 11.5 Å². The zero-order valence-corrected chi connectivity index (χ0v) is 25.7. The van der Waals surface area contributed by atoms with Crippen molar-refractivity contribution in [3.63, 3.8) is 0 Å². The quantitative estimate of drug-likeness (QED) is 0.256. The van der Waals surface area contributed by atoms with E-state index in [0.29, 0.717) is 30.2 Å². The van der Waals surface area contributed by atoms with E-state index in [1.54, 1.807) is 4.90 Å². The van der Waals surface area contributed by atoms with Gasteiger partial charge < -0.3 is 20.9 Å². The average Bonchev–Trinajstić information content (AvgIpc) is 3.73. The van der Waals surface area contributed by atoms with Gasteiger partial charge in [0.2, 0.25) is 17.7 Å². The minimum Gasteiger partial charge on any atom is -0.343 e. The molecule has 2 heterocycles. The molecule has 5 rings (SSSR count). The Morgan fingerprint density at radius 3 is 2.42 bits per heavy atom. The van der Waals surface area contributed by atoms with Gasteiger partial charge in [0, 0.05) is 23.6 Å². The monoisotopic (exact) mass is 602 g/mol. The average molecular weight is 603 g/mol. The number of nitrogens with zero attached hydrogens (tertiary/aromatic N) is 3. The first-order valence-electron chi connectivity index (χ1n) is 15.6. The summed E-state index contributed by atoms with van der Waals surface area (Å²) in [4.78, 5) is 42.7. The van der Waals surface area contributed by atoms with Gasteiger partial charge in [-0.2, -0.15) is 0 Å². The van der Waals surface area contributed by atoms with Crippen LogP contribution in [0.4, 0.5) is 5.00 Å². The lowest BCUT2D eigenvalue weighted by Gasteiger charge is -2.35. The molecule has 1 unspecified atom stereocenters. The maximum absolute atomic E-state index is 14.1.